The number of hydrogen-bond acceptors (Lipinski definition) is 6. The number of anilines is 2. The van der Waals surface area contributed by atoms with Crippen molar-refractivity contribution < 1.29 is 18.7 Å². The van der Waals surface area contributed by atoms with Gasteiger partial charge in [0.05, 0.1) is 29.9 Å². The second kappa shape index (κ2) is 9.26. The van der Waals surface area contributed by atoms with E-state index < -0.39 is 18.1 Å². The van der Waals surface area contributed by atoms with E-state index in [0.29, 0.717) is 29.1 Å². The number of hydrogen-bond donors (Lipinski definition) is 2. The molecule has 0 spiro atoms. The van der Waals surface area contributed by atoms with Crippen LogP contribution in [-0.2, 0) is 22.4 Å². The SMILES string of the molecule is NC(=O)Cc1cc2ccccc2nc1C[C@H]1CN(c2ccc(N3CCNCC3)c(F)c2)C(=O)O1. The molecule has 2 aliphatic heterocycles. The molecular weight excluding hydrogens is 437 g/mol. The Morgan fingerprint density at radius 2 is 1.97 bits per heavy atom. The molecule has 3 heterocycles. The number of benzene rings is 2. The standard InChI is InChI=1S/C25H26FN5O3/c26-20-13-18(5-6-23(20)30-9-7-28-8-10-30)31-15-19(34-25(31)33)14-22-17(12-24(27)32)11-16-3-1-2-4-21(16)29-22/h1-6,11,13,19,28H,7-10,12,14-15H2,(H2,27,32)/t19-/m0/s1. The van der Waals surface area contributed by atoms with Crippen LogP contribution in [0.3, 0.4) is 0 Å². The Bertz CT molecular complexity index is 1240. The van der Waals surface area contributed by atoms with Crippen LogP contribution >= 0.6 is 0 Å². The molecule has 9 heteroatoms. The first kappa shape index (κ1) is 22.1. The number of halogens is 1. The highest BCUT2D eigenvalue weighted by molar-refractivity contribution is 5.90. The summed E-state index contributed by atoms with van der Waals surface area (Å²) in [5.41, 5.74) is 8.60. The molecule has 0 bridgehead atoms. The number of ether oxygens (including phenoxy) is 1. The summed E-state index contributed by atoms with van der Waals surface area (Å²) in [6.45, 7) is 3.34. The second-order valence-electron chi connectivity index (χ2n) is 8.62. The molecule has 8 nitrogen and oxygen atoms in total. The van der Waals surface area contributed by atoms with E-state index in [1.165, 1.54) is 11.0 Å². The minimum atomic E-state index is -0.531. The zero-order valence-corrected chi connectivity index (χ0v) is 18.7. The number of aromatic nitrogens is 1. The highest BCUT2D eigenvalue weighted by atomic mass is 19.1. The first-order chi connectivity index (χ1) is 16.5. The largest absolute Gasteiger partial charge is 0.444 e. The number of para-hydroxylation sites is 1. The van der Waals surface area contributed by atoms with E-state index in [9.17, 15) is 14.0 Å². The maximum Gasteiger partial charge on any atom is 0.414 e. The Hall–Kier alpha value is -3.72. The zero-order chi connectivity index (χ0) is 23.7. The molecule has 0 radical (unpaired) electrons. The first-order valence-electron chi connectivity index (χ1n) is 11.4. The normalized spacial score (nSPS) is 18.4. The Labute approximate surface area is 196 Å². The summed E-state index contributed by atoms with van der Waals surface area (Å²) in [7, 11) is 0. The van der Waals surface area contributed by atoms with Crippen LogP contribution in [0.4, 0.5) is 20.6 Å². The summed E-state index contributed by atoms with van der Waals surface area (Å²) < 4.78 is 20.5. The number of amides is 2. The Morgan fingerprint density at radius 1 is 1.18 bits per heavy atom. The van der Waals surface area contributed by atoms with Crippen molar-refractivity contribution >= 4 is 34.3 Å². The molecule has 3 aromatic rings. The van der Waals surface area contributed by atoms with Gasteiger partial charge in [0.1, 0.15) is 11.9 Å². The number of rotatable bonds is 6. The second-order valence-corrected chi connectivity index (χ2v) is 8.62. The van der Waals surface area contributed by atoms with E-state index in [1.807, 2.05) is 35.2 Å². The minimum Gasteiger partial charge on any atom is -0.444 e. The van der Waals surface area contributed by atoms with Gasteiger partial charge in [-0.05, 0) is 35.9 Å². The van der Waals surface area contributed by atoms with Gasteiger partial charge in [0.15, 0.2) is 0 Å². The number of nitrogens with zero attached hydrogens (tertiary/aromatic N) is 3. The molecule has 0 aliphatic carbocycles. The molecule has 1 aromatic heterocycles. The predicted octanol–water partition coefficient (Wildman–Crippen LogP) is 2.38. The number of fused-ring (bicyclic) bond motifs is 1. The number of nitrogens with two attached hydrogens (primary N) is 1. The van der Waals surface area contributed by atoms with Crippen LogP contribution in [0.1, 0.15) is 11.3 Å². The Morgan fingerprint density at radius 3 is 2.74 bits per heavy atom. The third kappa shape index (κ3) is 4.51. The lowest BCUT2D eigenvalue weighted by Crippen LogP contribution is -2.43. The monoisotopic (exact) mass is 463 g/mol. The summed E-state index contributed by atoms with van der Waals surface area (Å²) in [5.74, 6) is -0.820. The van der Waals surface area contributed by atoms with Crippen LogP contribution in [0.5, 0.6) is 0 Å². The van der Waals surface area contributed by atoms with Crippen molar-refractivity contribution in [3.63, 3.8) is 0 Å². The van der Waals surface area contributed by atoms with Gasteiger partial charge in [0.25, 0.3) is 0 Å². The third-order valence-electron chi connectivity index (χ3n) is 6.25. The van der Waals surface area contributed by atoms with Crippen molar-refractivity contribution in [1.82, 2.24) is 10.3 Å². The smallest absolute Gasteiger partial charge is 0.414 e. The van der Waals surface area contributed by atoms with E-state index in [1.54, 1.807) is 12.1 Å². The van der Waals surface area contributed by atoms with Crippen LogP contribution in [-0.4, -0.2) is 55.8 Å². The molecule has 3 N–H and O–H groups in total. The molecule has 5 rings (SSSR count). The number of cyclic esters (lactones) is 1. The van der Waals surface area contributed by atoms with Gasteiger partial charge in [-0.25, -0.2) is 9.18 Å². The van der Waals surface area contributed by atoms with Gasteiger partial charge in [0.2, 0.25) is 5.91 Å². The van der Waals surface area contributed by atoms with Gasteiger partial charge in [-0.1, -0.05) is 18.2 Å². The van der Waals surface area contributed by atoms with Crippen molar-refractivity contribution in [2.75, 3.05) is 42.5 Å². The molecule has 2 saturated heterocycles. The molecular formula is C25H26FN5O3. The van der Waals surface area contributed by atoms with Crippen LogP contribution in [0.2, 0.25) is 0 Å². The van der Waals surface area contributed by atoms with Crippen LogP contribution in [0.25, 0.3) is 10.9 Å². The number of primary amides is 1. The number of carbonyl (C=O) groups is 2. The third-order valence-corrected chi connectivity index (χ3v) is 6.25. The summed E-state index contributed by atoms with van der Waals surface area (Å²) in [6.07, 6.45) is -0.631. The van der Waals surface area contributed by atoms with Crippen LogP contribution in [0, 0.1) is 5.82 Å². The molecule has 0 unspecified atom stereocenters. The zero-order valence-electron chi connectivity index (χ0n) is 18.7. The van der Waals surface area contributed by atoms with Gasteiger partial charge < -0.3 is 20.7 Å². The Kier molecular flexibility index (Phi) is 6.02. The van der Waals surface area contributed by atoms with E-state index in [-0.39, 0.29) is 18.8 Å². The average molecular weight is 464 g/mol. The van der Waals surface area contributed by atoms with Crippen molar-refractivity contribution in [2.45, 2.75) is 18.9 Å². The summed E-state index contributed by atoms with van der Waals surface area (Å²) >= 11 is 0. The summed E-state index contributed by atoms with van der Waals surface area (Å²) in [4.78, 5) is 32.4. The van der Waals surface area contributed by atoms with Gasteiger partial charge in [-0.15, -0.1) is 0 Å². The van der Waals surface area contributed by atoms with E-state index in [2.05, 4.69) is 5.32 Å². The number of piperazine rings is 1. The van der Waals surface area contributed by atoms with Crippen LogP contribution < -0.4 is 20.9 Å². The van der Waals surface area contributed by atoms with E-state index in [0.717, 1.165) is 37.1 Å². The lowest BCUT2D eigenvalue weighted by atomic mass is 10.0. The van der Waals surface area contributed by atoms with Crippen molar-refractivity contribution in [2.24, 2.45) is 5.73 Å². The fraction of sp³-hybridized carbons (Fsp3) is 0.320. The van der Waals surface area contributed by atoms with Crippen molar-refractivity contribution in [1.29, 1.82) is 0 Å². The van der Waals surface area contributed by atoms with E-state index >= 15 is 0 Å². The molecule has 2 aliphatic rings. The molecule has 34 heavy (non-hydrogen) atoms. The Balaban J connectivity index is 1.35. The summed E-state index contributed by atoms with van der Waals surface area (Å²) in [6, 6.07) is 14.4. The number of carbonyl (C=O) groups excluding carboxylic acids is 2. The molecule has 2 amide bonds. The van der Waals surface area contributed by atoms with Crippen molar-refractivity contribution in [3.05, 3.63) is 65.6 Å². The van der Waals surface area contributed by atoms with Crippen molar-refractivity contribution in [3.8, 4) is 0 Å². The summed E-state index contributed by atoms with van der Waals surface area (Å²) in [5, 5.41) is 4.16. The average Bonchev–Trinajstić information content (AvgIpc) is 3.19. The topological polar surface area (TPSA) is 101 Å². The highest BCUT2D eigenvalue weighted by Gasteiger charge is 2.34. The maximum absolute atomic E-state index is 14.9. The van der Waals surface area contributed by atoms with Gasteiger partial charge in [-0.2, -0.15) is 0 Å². The maximum atomic E-state index is 14.9. The molecule has 2 fully saturated rings. The lowest BCUT2D eigenvalue weighted by molar-refractivity contribution is -0.117. The highest BCUT2D eigenvalue weighted by Crippen LogP contribution is 2.29. The quantitative estimate of drug-likeness (QED) is 0.582. The van der Waals surface area contributed by atoms with Gasteiger partial charge in [-0.3, -0.25) is 14.7 Å². The molecule has 1 atom stereocenters. The van der Waals surface area contributed by atoms with Gasteiger partial charge >= 0.3 is 6.09 Å². The number of nitrogens with one attached hydrogen (secondary N) is 1. The molecule has 0 saturated carbocycles. The number of pyridine rings is 1. The predicted molar refractivity (Wildman–Crippen MR) is 127 cm³/mol. The minimum absolute atomic E-state index is 0.0518. The lowest BCUT2D eigenvalue weighted by Gasteiger charge is -2.30. The first-order valence-corrected chi connectivity index (χ1v) is 11.4. The molecule has 176 valence electrons. The van der Waals surface area contributed by atoms with Gasteiger partial charge in [0, 0.05) is 43.7 Å². The fourth-order valence-electron chi connectivity index (χ4n) is 4.60. The molecule has 2 aromatic carbocycles. The van der Waals surface area contributed by atoms with E-state index in [4.69, 9.17) is 15.5 Å². The van der Waals surface area contributed by atoms with Crippen LogP contribution in [0.15, 0.2) is 48.5 Å². The fourth-order valence-corrected chi connectivity index (χ4v) is 4.60.